The van der Waals surface area contributed by atoms with Gasteiger partial charge < -0.3 is 5.32 Å². The van der Waals surface area contributed by atoms with Gasteiger partial charge >= 0.3 is 0 Å². The minimum atomic E-state index is -0.223. The van der Waals surface area contributed by atoms with E-state index in [1.54, 1.807) is 35.3 Å². The van der Waals surface area contributed by atoms with Crippen LogP contribution in [0.2, 0.25) is 0 Å². The average Bonchev–Trinajstić information content (AvgIpc) is 3.00. The van der Waals surface area contributed by atoms with Gasteiger partial charge in [0.1, 0.15) is 5.82 Å². The zero-order valence-corrected chi connectivity index (χ0v) is 15.8. The van der Waals surface area contributed by atoms with Crippen molar-refractivity contribution in [2.45, 2.75) is 26.2 Å². The number of hydrogen-bond acceptors (Lipinski definition) is 4. The maximum Gasteiger partial charge on any atom is 0.256 e. The number of nitrogens with one attached hydrogen (secondary N) is 1. The Morgan fingerprint density at radius 1 is 1.12 bits per heavy atom. The van der Waals surface area contributed by atoms with E-state index in [1.807, 2.05) is 18.2 Å². The molecular weight excluding hydrogens is 382 g/mol. The molecule has 0 saturated carbocycles. The summed E-state index contributed by atoms with van der Waals surface area (Å²) in [4.78, 5) is 21.1. The van der Waals surface area contributed by atoms with Gasteiger partial charge in [0.2, 0.25) is 0 Å². The standard InChI is InChI=1S/C18H18BrN5O/c1-18(2,3)14-11-15(24(23-14)17-20-8-5-9-21-17)22-16(25)12-6-4-7-13(19)10-12/h4-11H,1-3H3,(H,22,25). The maximum atomic E-state index is 12.6. The first kappa shape index (κ1) is 17.3. The molecule has 3 aromatic rings. The largest absolute Gasteiger partial charge is 0.306 e. The highest BCUT2D eigenvalue weighted by molar-refractivity contribution is 9.10. The highest BCUT2D eigenvalue weighted by Gasteiger charge is 2.22. The molecule has 6 nitrogen and oxygen atoms in total. The van der Waals surface area contributed by atoms with E-state index in [9.17, 15) is 4.79 Å². The van der Waals surface area contributed by atoms with Crippen molar-refractivity contribution in [2.75, 3.05) is 5.32 Å². The third kappa shape index (κ3) is 3.93. The van der Waals surface area contributed by atoms with Gasteiger partial charge in [0.25, 0.3) is 11.9 Å². The van der Waals surface area contributed by atoms with Gasteiger partial charge in [-0.3, -0.25) is 4.79 Å². The van der Waals surface area contributed by atoms with Gasteiger partial charge in [-0.25, -0.2) is 9.97 Å². The number of carbonyl (C=O) groups excluding carboxylic acids is 1. The number of amides is 1. The summed E-state index contributed by atoms with van der Waals surface area (Å²) in [5.41, 5.74) is 1.22. The van der Waals surface area contributed by atoms with Gasteiger partial charge in [0, 0.05) is 33.9 Å². The molecule has 1 amide bonds. The molecule has 1 N–H and O–H groups in total. The number of hydrogen-bond donors (Lipinski definition) is 1. The van der Waals surface area contributed by atoms with E-state index in [0.717, 1.165) is 10.2 Å². The van der Waals surface area contributed by atoms with Crippen LogP contribution in [0, 0.1) is 0 Å². The van der Waals surface area contributed by atoms with Crippen LogP contribution in [0.15, 0.2) is 53.3 Å². The Hall–Kier alpha value is -2.54. The summed E-state index contributed by atoms with van der Waals surface area (Å²) in [6.45, 7) is 6.18. The Morgan fingerprint density at radius 2 is 1.84 bits per heavy atom. The summed E-state index contributed by atoms with van der Waals surface area (Å²) in [6, 6.07) is 10.8. The second-order valence-corrected chi connectivity index (χ2v) is 7.51. The predicted octanol–water partition coefficient (Wildman–Crippen LogP) is 3.97. The highest BCUT2D eigenvalue weighted by Crippen LogP contribution is 2.25. The number of anilines is 1. The highest BCUT2D eigenvalue weighted by atomic mass is 79.9. The quantitative estimate of drug-likeness (QED) is 0.722. The molecule has 0 radical (unpaired) electrons. The van der Waals surface area contributed by atoms with Crippen molar-refractivity contribution in [2.24, 2.45) is 0 Å². The molecule has 2 heterocycles. The summed E-state index contributed by atoms with van der Waals surface area (Å²) < 4.78 is 2.40. The van der Waals surface area contributed by atoms with Crippen LogP contribution in [0.3, 0.4) is 0 Å². The van der Waals surface area contributed by atoms with Gasteiger partial charge in [-0.15, -0.1) is 0 Å². The van der Waals surface area contributed by atoms with Crippen molar-refractivity contribution in [1.82, 2.24) is 19.7 Å². The fraction of sp³-hybridized carbons (Fsp3) is 0.222. The molecule has 0 fully saturated rings. The first-order valence-electron chi connectivity index (χ1n) is 7.79. The molecule has 0 bridgehead atoms. The minimum absolute atomic E-state index is 0.171. The van der Waals surface area contributed by atoms with E-state index in [4.69, 9.17) is 0 Å². The second kappa shape index (κ2) is 6.76. The van der Waals surface area contributed by atoms with Crippen molar-refractivity contribution in [3.63, 3.8) is 0 Å². The van der Waals surface area contributed by atoms with Crippen molar-refractivity contribution in [3.8, 4) is 5.95 Å². The predicted molar refractivity (Wildman–Crippen MR) is 99.9 cm³/mol. The van der Waals surface area contributed by atoms with Gasteiger partial charge in [0.05, 0.1) is 5.69 Å². The fourth-order valence-electron chi connectivity index (χ4n) is 2.21. The van der Waals surface area contributed by atoms with Crippen LogP contribution in [0.5, 0.6) is 0 Å². The lowest BCUT2D eigenvalue weighted by molar-refractivity contribution is 0.102. The SMILES string of the molecule is CC(C)(C)c1cc(NC(=O)c2cccc(Br)c2)n(-c2ncccn2)n1. The van der Waals surface area contributed by atoms with Crippen molar-refractivity contribution >= 4 is 27.7 Å². The second-order valence-electron chi connectivity index (χ2n) is 6.59. The van der Waals surface area contributed by atoms with E-state index in [0.29, 0.717) is 17.3 Å². The fourth-order valence-corrected chi connectivity index (χ4v) is 2.61. The lowest BCUT2D eigenvalue weighted by Gasteiger charge is -2.13. The zero-order chi connectivity index (χ0) is 18.0. The lowest BCUT2D eigenvalue weighted by Crippen LogP contribution is -2.16. The topological polar surface area (TPSA) is 72.7 Å². The van der Waals surface area contributed by atoms with Crippen molar-refractivity contribution in [3.05, 3.63) is 64.5 Å². The Labute approximate surface area is 154 Å². The van der Waals surface area contributed by atoms with Crippen LogP contribution in [0.25, 0.3) is 5.95 Å². The monoisotopic (exact) mass is 399 g/mol. The van der Waals surface area contributed by atoms with Crippen LogP contribution in [0.1, 0.15) is 36.8 Å². The molecule has 25 heavy (non-hydrogen) atoms. The van der Waals surface area contributed by atoms with Gasteiger partial charge in [-0.05, 0) is 24.3 Å². The van der Waals surface area contributed by atoms with Gasteiger partial charge in [0.15, 0.2) is 0 Å². The summed E-state index contributed by atoms with van der Waals surface area (Å²) in [6.07, 6.45) is 3.28. The molecule has 0 unspecified atom stereocenters. The smallest absolute Gasteiger partial charge is 0.256 e. The molecule has 7 heteroatoms. The third-order valence-electron chi connectivity index (χ3n) is 3.55. The summed E-state index contributed by atoms with van der Waals surface area (Å²) >= 11 is 3.38. The number of rotatable bonds is 3. The lowest BCUT2D eigenvalue weighted by atomic mass is 9.92. The maximum absolute atomic E-state index is 12.6. The van der Waals surface area contributed by atoms with E-state index >= 15 is 0 Å². The van der Waals surface area contributed by atoms with Crippen LogP contribution in [-0.2, 0) is 5.41 Å². The average molecular weight is 400 g/mol. The van der Waals surface area contributed by atoms with Crippen LogP contribution in [-0.4, -0.2) is 25.7 Å². The molecule has 3 rings (SSSR count). The summed E-state index contributed by atoms with van der Waals surface area (Å²) in [5, 5.41) is 7.49. The number of carbonyl (C=O) groups is 1. The summed E-state index contributed by atoms with van der Waals surface area (Å²) in [7, 11) is 0. The van der Waals surface area contributed by atoms with E-state index < -0.39 is 0 Å². The molecule has 0 spiro atoms. The molecule has 0 aliphatic carbocycles. The Kier molecular flexibility index (Phi) is 4.67. The number of halogens is 1. The molecule has 128 valence electrons. The Bertz CT molecular complexity index is 899. The first-order valence-corrected chi connectivity index (χ1v) is 8.59. The molecular formula is C18H18BrN5O. The van der Waals surface area contributed by atoms with E-state index in [2.05, 4.69) is 57.1 Å². The molecule has 1 aromatic carbocycles. The molecule has 0 aliphatic rings. The molecule has 2 aromatic heterocycles. The third-order valence-corrected chi connectivity index (χ3v) is 4.04. The van der Waals surface area contributed by atoms with Crippen LogP contribution < -0.4 is 5.32 Å². The van der Waals surface area contributed by atoms with E-state index in [-0.39, 0.29) is 11.3 Å². The van der Waals surface area contributed by atoms with Crippen LogP contribution in [0.4, 0.5) is 5.82 Å². The Balaban J connectivity index is 2.00. The van der Waals surface area contributed by atoms with Crippen LogP contribution >= 0.6 is 15.9 Å². The minimum Gasteiger partial charge on any atom is -0.306 e. The van der Waals surface area contributed by atoms with Crippen molar-refractivity contribution < 1.29 is 4.79 Å². The molecule has 0 saturated heterocycles. The Morgan fingerprint density at radius 3 is 2.48 bits per heavy atom. The number of benzene rings is 1. The first-order chi connectivity index (χ1) is 11.8. The normalized spacial score (nSPS) is 11.4. The summed E-state index contributed by atoms with van der Waals surface area (Å²) in [5.74, 6) is 0.711. The van der Waals surface area contributed by atoms with Crippen molar-refractivity contribution in [1.29, 1.82) is 0 Å². The number of nitrogens with zero attached hydrogens (tertiary/aromatic N) is 4. The molecule has 0 atom stereocenters. The number of aromatic nitrogens is 4. The van der Waals surface area contributed by atoms with Gasteiger partial charge in [-0.2, -0.15) is 9.78 Å². The molecule has 0 aliphatic heterocycles. The van der Waals surface area contributed by atoms with E-state index in [1.165, 1.54) is 0 Å². The zero-order valence-electron chi connectivity index (χ0n) is 14.2. The van der Waals surface area contributed by atoms with Gasteiger partial charge in [-0.1, -0.05) is 42.8 Å².